The summed E-state index contributed by atoms with van der Waals surface area (Å²) in [5, 5.41) is 9.14. The Morgan fingerprint density at radius 2 is 1.11 bits per heavy atom. The molecule has 7 nitrogen and oxygen atoms in total. The van der Waals surface area contributed by atoms with E-state index < -0.39 is 12.3 Å². The minimum atomic E-state index is -1.22. The van der Waals surface area contributed by atoms with E-state index in [-0.39, 0.29) is 6.61 Å². The number of carbonyl (C=O) groups is 1. The third-order valence-electron chi connectivity index (χ3n) is 4.16. The maximum atomic E-state index is 11.2. The number of aliphatic carboxylic acids is 1. The Kier molecular flexibility index (Phi) is 22.0. The van der Waals surface area contributed by atoms with E-state index >= 15 is 0 Å². The van der Waals surface area contributed by atoms with Crippen molar-refractivity contribution in [2.24, 2.45) is 0 Å². The van der Waals surface area contributed by atoms with Gasteiger partial charge in [-0.2, -0.15) is 0 Å². The fourth-order valence-corrected chi connectivity index (χ4v) is 2.59. The average Bonchev–Trinajstić information content (AvgIpc) is 2.68. The number of hydrogen-bond donors (Lipinski definition) is 1. The first-order chi connectivity index (χ1) is 13.7. The first-order valence-corrected chi connectivity index (χ1v) is 10.9. The van der Waals surface area contributed by atoms with E-state index in [4.69, 9.17) is 28.8 Å². The van der Waals surface area contributed by atoms with Crippen LogP contribution in [0.5, 0.6) is 0 Å². The van der Waals surface area contributed by atoms with Crippen LogP contribution < -0.4 is 0 Å². The fraction of sp³-hybridized carbons (Fsp3) is 0.952. The van der Waals surface area contributed by atoms with E-state index in [2.05, 4.69) is 6.92 Å². The zero-order valence-corrected chi connectivity index (χ0v) is 18.0. The van der Waals surface area contributed by atoms with E-state index in [0.29, 0.717) is 46.2 Å². The van der Waals surface area contributed by atoms with Crippen molar-refractivity contribution >= 4 is 5.97 Å². The van der Waals surface area contributed by atoms with E-state index in [1.54, 1.807) is 0 Å². The van der Waals surface area contributed by atoms with Crippen LogP contribution in [0.3, 0.4) is 0 Å². The molecule has 1 N–H and O–H groups in total. The average molecular weight is 407 g/mol. The van der Waals surface area contributed by atoms with Crippen LogP contribution in [0, 0.1) is 0 Å². The molecule has 1 unspecified atom stereocenters. The van der Waals surface area contributed by atoms with Gasteiger partial charge < -0.3 is 28.8 Å². The van der Waals surface area contributed by atoms with E-state index in [9.17, 15) is 4.79 Å². The van der Waals surface area contributed by atoms with Gasteiger partial charge in [-0.25, -0.2) is 4.79 Å². The van der Waals surface area contributed by atoms with Crippen molar-refractivity contribution in [1.29, 1.82) is 0 Å². The lowest BCUT2D eigenvalue weighted by Crippen LogP contribution is -2.29. The SMILES string of the molecule is CCCCCCCCCCCOC(OCCOCCOCCOCC)C(=O)O. The van der Waals surface area contributed by atoms with Crippen LogP contribution in [-0.2, 0) is 28.5 Å². The van der Waals surface area contributed by atoms with Gasteiger partial charge in [0.25, 0.3) is 6.29 Å². The van der Waals surface area contributed by atoms with Crippen molar-refractivity contribution in [3.8, 4) is 0 Å². The van der Waals surface area contributed by atoms with Crippen molar-refractivity contribution in [1.82, 2.24) is 0 Å². The van der Waals surface area contributed by atoms with Crippen molar-refractivity contribution in [2.75, 3.05) is 52.9 Å². The summed E-state index contributed by atoms with van der Waals surface area (Å²) in [6.07, 6.45) is 9.67. The summed E-state index contributed by atoms with van der Waals surface area (Å²) >= 11 is 0. The smallest absolute Gasteiger partial charge is 0.361 e. The van der Waals surface area contributed by atoms with Gasteiger partial charge in [0.2, 0.25) is 0 Å². The van der Waals surface area contributed by atoms with Crippen molar-refractivity contribution in [3.05, 3.63) is 0 Å². The number of hydrogen-bond acceptors (Lipinski definition) is 6. The standard InChI is InChI=1S/C21H42O7/c1-3-5-6-7-8-9-10-11-12-13-27-21(20(22)23)28-19-18-26-17-16-25-15-14-24-4-2/h21H,3-19H2,1-2H3,(H,22,23). The van der Waals surface area contributed by atoms with E-state index in [0.717, 1.165) is 12.8 Å². The third-order valence-corrected chi connectivity index (χ3v) is 4.16. The van der Waals surface area contributed by atoms with Crippen LogP contribution in [0.2, 0.25) is 0 Å². The maximum absolute atomic E-state index is 11.2. The van der Waals surface area contributed by atoms with Crippen molar-refractivity contribution in [2.45, 2.75) is 77.9 Å². The maximum Gasteiger partial charge on any atom is 0.361 e. The molecule has 0 amide bonds. The van der Waals surface area contributed by atoms with Crippen molar-refractivity contribution < 1.29 is 33.6 Å². The molecule has 0 aromatic heterocycles. The highest BCUT2D eigenvalue weighted by Crippen LogP contribution is 2.10. The van der Waals surface area contributed by atoms with Gasteiger partial charge in [-0.3, -0.25) is 0 Å². The number of carboxylic acid groups (broad SMARTS) is 1. The predicted molar refractivity (Wildman–Crippen MR) is 109 cm³/mol. The Labute approximate surface area is 171 Å². The molecule has 0 spiro atoms. The summed E-state index contributed by atoms with van der Waals surface area (Å²) in [4.78, 5) is 11.2. The molecule has 0 aliphatic carbocycles. The van der Waals surface area contributed by atoms with Gasteiger partial charge >= 0.3 is 5.97 Å². The highest BCUT2D eigenvalue weighted by molar-refractivity contribution is 5.70. The highest BCUT2D eigenvalue weighted by Gasteiger charge is 2.18. The normalized spacial score (nSPS) is 12.4. The molecule has 0 rings (SSSR count). The van der Waals surface area contributed by atoms with Crippen molar-refractivity contribution in [3.63, 3.8) is 0 Å². The lowest BCUT2D eigenvalue weighted by molar-refractivity contribution is -0.192. The fourth-order valence-electron chi connectivity index (χ4n) is 2.59. The topological polar surface area (TPSA) is 83.5 Å². The van der Waals surface area contributed by atoms with Gasteiger partial charge in [0.1, 0.15) is 0 Å². The second-order valence-electron chi connectivity index (χ2n) is 6.66. The Balaban J connectivity index is 3.45. The lowest BCUT2D eigenvalue weighted by atomic mass is 10.1. The molecule has 0 aliphatic rings. The molecule has 168 valence electrons. The molecular weight excluding hydrogens is 364 g/mol. The summed E-state index contributed by atoms with van der Waals surface area (Å²) in [5.74, 6) is -1.10. The molecule has 28 heavy (non-hydrogen) atoms. The lowest BCUT2D eigenvalue weighted by Gasteiger charge is -2.14. The summed E-state index contributed by atoms with van der Waals surface area (Å²) in [6.45, 7) is 7.77. The number of unbranched alkanes of at least 4 members (excludes halogenated alkanes) is 8. The molecule has 0 aliphatic heterocycles. The highest BCUT2D eigenvalue weighted by atomic mass is 16.7. The Morgan fingerprint density at radius 3 is 1.64 bits per heavy atom. The van der Waals surface area contributed by atoms with Gasteiger partial charge in [-0.15, -0.1) is 0 Å². The molecule has 0 saturated carbocycles. The van der Waals surface area contributed by atoms with Crippen LogP contribution in [0.4, 0.5) is 0 Å². The second kappa shape index (κ2) is 22.6. The molecule has 0 heterocycles. The molecule has 0 saturated heterocycles. The monoisotopic (exact) mass is 406 g/mol. The Morgan fingerprint density at radius 1 is 0.643 bits per heavy atom. The number of carboxylic acids is 1. The minimum absolute atomic E-state index is 0.174. The van der Waals surface area contributed by atoms with Gasteiger partial charge in [-0.1, -0.05) is 58.3 Å². The molecule has 0 bridgehead atoms. The minimum Gasteiger partial charge on any atom is -0.477 e. The molecule has 1 atom stereocenters. The Bertz CT molecular complexity index is 302. The van der Waals surface area contributed by atoms with Crippen LogP contribution in [-0.4, -0.2) is 70.2 Å². The van der Waals surface area contributed by atoms with Gasteiger partial charge in [0.15, 0.2) is 0 Å². The largest absolute Gasteiger partial charge is 0.477 e. The number of ether oxygens (including phenoxy) is 5. The van der Waals surface area contributed by atoms with Crippen LogP contribution in [0.1, 0.15) is 71.6 Å². The van der Waals surface area contributed by atoms with Gasteiger partial charge in [0, 0.05) is 6.61 Å². The summed E-state index contributed by atoms with van der Waals surface area (Å²) in [7, 11) is 0. The van der Waals surface area contributed by atoms with Crippen LogP contribution in [0.15, 0.2) is 0 Å². The van der Waals surface area contributed by atoms with E-state index in [1.807, 2.05) is 6.92 Å². The van der Waals surface area contributed by atoms with Gasteiger partial charge in [0.05, 0.1) is 46.2 Å². The molecule has 0 radical (unpaired) electrons. The second-order valence-corrected chi connectivity index (χ2v) is 6.66. The predicted octanol–water partition coefficient (Wildman–Crippen LogP) is 4.03. The summed E-state index contributed by atoms with van der Waals surface area (Å²) in [6, 6.07) is 0. The first-order valence-electron chi connectivity index (χ1n) is 10.9. The molecule has 0 fully saturated rings. The number of rotatable bonds is 23. The quantitative estimate of drug-likeness (QED) is 0.203. The van der Waals surface area contributed by atoms with Crippen LogP contribution in [0.25, 0.3) is 0 Å². The molecule has 0 aromatic carbocycles. The van der Waals surface area contributed by atoms with Crippen LogP contribution >= 0.6 is 0 Å². The third kappa shape index (κ3) is 20.0. The zero-order valence-electron chi connectivity index (χ0n) is 18.0. The van der Waals surface area contributed by atoms with Gasteiger partial charge in [-0.05, 0) is 13.3 Å². The molecule has 0 aromatic rings. The first kappa shape index (κ1) is 27.3. The molecular formula is C21H42O7. The summed E-state index contributed by atoms with van der Waals surface area (Å²) < 4.78 is 26.4. The summed E-state index contributed by atoms with van der Waals surface area (Å²) in [5.41, 5.74) is 0. The zero-order chi connectivity index (χ0) is 20.7. The Hall–Kier alpha value is -0.730. The van der Waals surface area contributed by atoms with E-state index in [1.165, 1.54) is 44.9 Å². The molecule has 7 heteroatoms.